The van der Waals surface area contributed by atoms with E-state index in [1.54, 1.807) is 0 Å². The molecule has 166 valence electrons. The zero-order chi connectivity index (χ0) is 20.2. The molecule has 0 saturated carbocycles. The molecule has 0 radical (unpaired) electrons. The minimum Gasteiger partial charge on any atom is -0.378 e. The summed E-state index contributed by atoms with van der Waals surface area (Å²) in [4.78, 5) is 11.7. The maximum absolute atomic E-state index is 5.84. The molecule has 2 heterocycles. The fraction of sp³-hybridized carbons (Fsp3) is 0.727. The van der Waals surface area contributed by atoms with Crippen LogP contribution in [0.2, 0.25) is 0 Å². The summed E-state index contributed by atoms with van der Waals surface area (Å²) in [6, 6.07) is 6.61. The van der Waals surface area contributed by atoms with Gasteiger partial charge in [0.2, 0.25) is 0 Å². The van der Waals surface area contributed by atoms with Crippen LogP contribution in [-0.4, -0.2) is 60.8 Å². The van der Waals surface area contributed by atoms with Gasteiger partial charge in [-0.25, -0.2) is 0 Å². The zero-order valence-corrected chi connectivity index (χ0v) is 20.9. The number of aliphatic imine (C=N–C) groups is 1. The Morgan fingerprint density at radius 2 is 2.03 bits per heavy atom. The van der Waals surface area contributed by atoms with E-state index in [-0.39, 0.29) is 30.1 Å². The Morgan fingerprint density at radius 3 is 2.62 bits per heavy atom. The van der Waals surface area contributed by atoms with E-state index in [0.29, 0.717) is 12.0 Å². The van der Waals surface area contributed by atoms with E-state index in [0.717, 1.165) is 70.2 Å². The normalized spacial score (nSPS) is 17.1. The largest absolute Gasteiger partial charge is 0.378 e. The van der Waals surface area contributed by atoms with Gasteiger partial charge in [0.15, 0.2) is 5.96 Å². The molecule has 1 aromatic rings. The number of nitrogens with zero attached hydrogens (tertiary/aromatic N) is 3. The highest BCUT2D eigenvalue weighted by Gasteiger charge is 2.20. The molecule has 0 aromatic carbocycles. The van der Waals surface area contributed by atoms with Gasteiger partial charge in [-0.2, -0.15) is 0 Å². The topological polar surface area (TPSA) is 61.8 Å². The number of guanidine groups is 1. The van der Waals surface area contributed by atoms with Crippen LogP contribution in [0.4, 0.5) is 0 Å². The Morgan fingerprint density at radius 1 is 1.28 bits per heavy atom. The number of hydrogen-bond donors (Lipinski definition) is 2. The lowest BCUT2D eigenvalue weighted by Crippen LogP contribution is -2.48. The van der Waals surface area contributed by atoms with Crippen LogP contribution in [0.25, 0.3) is 0 Å². The molecule has 1 unspecified atom stereocenters. The number of likely N-dealkylation sites (tertiary alicyclic amines) is 1. The molecule has 0 spiro atoms. The number of aromatic nitrogens is 1. The first-order valence-corrected chi connectivity index (χ1v) is 10.9. The number of nitrogens with one attached hydrogen (secondary N) is 2. The van der Waals surface area contributed by atoms with E-state index in [9.17, 15) is 0 Å². The molecule has 1 atom stereocenters. The summed E-state index contributed by atoms with van der Waals surface area (Å²) >= 11 is 0. The van der Waals surface area contributed by atoms with Crippen molar-refractivity contribution in [3.63, 3.8) is 0 Å². The van der Waals surface area contributed by atoms with Crippen molar-refractivity contribution in [2.45, 2.75) is 65.6 Å². The Kier molecular flexibility index (Phi) is 13.5. The number of piperidine rings is 1. The molecule has 0 amide bonds. The summed E-state index contributed by atoms with van der Waals surface area (Å²) in [5.41, 5.74) is 1.15. The number of hydrogen-bond acceptors (Lipinski definition) is 4. The first-order valence-electron chi connectivity index (χ1n) is 10.9. The van der Waals surface area contributed by atoms with Crippen LogP contribution in [0, 0.1) is 5.92 Å². The van der Waals surface area contributed by atoms with Crippen molar-refractivity contribution in [1.82, 2.24) is 20.5 Å². The molecule has 1 saturated heterocycles. The van der Waals surface area contributed by atoms with Crippen molar-refractivity contribution in [3.05, 3.63) is 30.1 Å². The van der Waals surface area contributed by atoms with Crippen molar-refractivity contribution in [2.75, 3.05) is 32.8 Å². The van der Waals surface area contributed by atoms with E-state index in [2.05, 4.69) is 60.3 Å². The average Bonchev–Trinajstić information content (AvgIpc) is 2.69. The minimum atomic E-state index is 0. The SMILES string of the molecule is CCNC(=NCCC(OCC)C(C)C)NC1CCN(Cc2ccccn2)CC1.I. The molecule has 1 aromatic heterocycles. The van der Waals surface area contributed by atoms with E-state index < -0.39 is 0 Å². The predicted molar refractivity (Wildman–Crippen MR) is 132 cm³/mol. The predicted octanol–water partition coefficient (Wildman–Crippen LogP) is 3.67. The third-order valence-corrected chi connectivity index (χ3v) is 5.19. The van der Waals surface area contributed by atoms with Gasteiger partial charge in [0, 0.05) is 51.6 Å². The van der Waals surface area contributed by atoms with Crippen LogP contribution in [0.1, 0.15) is 52.7 Å². The lowest BCUT2D eigenvalue weighted by molar-refractivity contribution is 0.0266. The Balaban J connectivity index is 0.00000420. The van der Waals surface area contributed by atoms with Crippen LogP contribution in [0.3, 0.4) is 0 Å². The molecule has 7 heteroatoms. The summed E-state index contributed by atoms with van der Waals surface area (Å²) in [5, 5.41) is 7.02. The maximum Gasteiger partial charge on any atom is 0.191 e. The Hall–Kier alpha value is -0.930. The zero-order valence-electron chi connectivity index (χ0n) is 18.6. The third kappa shape index (κ3) is 10.1. The lowest BCUT2D eigenvalue weighted by atomic mass is 10.0. The average molecular weight is 518 g/mol. The van der Waals surface area contributed by atoms with Gasteiger partial charge in [-0.3, -0.25) is 14.9 Å². The fourth-order valence-corrected chi connectivity index (χ4v) is 3.60. The Labute approximate surface area is 194 Å². The number of ether oxygens (including phenoxy) is 1. The minimum absolute atomic E-state index is 0. The van der Waals surface area contributed by atoms with Crippen molar-refractivity contribution in [2.24, 2.45) is 10.9 Å². The van der Waals surface area contributed by atoms with Crippen LogP contribution < -0.4 is 10.6 Å². The van der Waals surface area contributed by atoms with Crippen molar-refractivity contribution >= 4 is 29.9 Å². The second kappa shape index (κ2) is 15.0. The first kappa shape index (κ1) is 26.1. The van der Waals surface area contributed by atoms with E-state index in [1.165, 1.54) is 0 Å². The number of pyridine rings is 1. The van der Waals surface area contributed by atoms with Gasteiger partial charge >= 0.3 is 0 Å². The van der Waals surface area contributed by atoms with Crippen LogP contribution in [0.5, 0.6) is 0 Å². The molecule has 0 bridgehead atoms. The molecule has 2 rings (SSSR count). The van der Waals surface area contributed by atoms with Crippen molar-refractivity contribution in [3.8, 4) is 0 Å². The lowest BCUT2D eigenvalue weighted by Gasteiger charge is -2.33. The van der Waals surface area contributed by atoms with Crippen LogP contribution in [-0.2, 0) is 11.3 Å². The number of rotatable bonds is 10. The van der Waals surface area contributed by atoms with Gasteiger partial charge in [-0.1, -0.05) is 19.9 Å². The maximum atomic E-state index is 5.84. The van der Waals surface area contributed by atoms with Gasteiger partial charge in [0.25, 0.3) is 0 Å². The molecular weight excluding hydrogens is 477 g/mol. The molecular formula is C22H40IN5O. The molecule has 1 fully saturated rings. The van der Waals surface area contributed by atoms with E-state index >= 15 is 0 Å². The van der Waals surface area contributed by atoms with Crippen LogP contribution >= 0.6 is 24.0 Å². The highest BCUT2D eigenvalue weighted by Crippen LogP contribution is 2.13. The van der Waals surface area contributed by atoms with Crippen molar-refractivity contribution in [1.29, 1.82) is 0 Å². The molecule has 6 nitrogen and oxygen atoms in total. The highest BCUT2D eigenvalue weighted by molar-refractivity contribution is 14.0. The first-order chi connectivity index (χ1) is 13.6. The number of halogens is 1. The van der Waals surface area contributed by atoms with Gasteiger partial charge < -0.3 is 15.4 Å². The molecule has 1 aliphatic heterocycles. The van der Waals surface area contributed by atoms with Crippen molar-refractivity contribution < 1.29 is 4.74 Å². The fourth-order valence-electron chi connectivity index (χ4n) is 3.60. The summed E-state index contributed by atoms with van der Waals surface area (Å²) in [5.74, 6) is 1.46. The molecule has 0 aliphatic carbocycles. The third-order valence-electron chi connectivity index (χ3n) is 5.19. The van der Waals surface area contributed by atoms with Gasteiger partial charge in [-0.05, 0) is 51.2 Å². The summed E-state index contributed by atoms with van der Waals surface area (Å²) in [6.45, 7) is 14.2. The second-order valence-corrected chi connectivity index (χ2v) is 7.80. The van der Waals surface area contributed by atoms with Gasteiger partial charge in [0.1, 0.15) is 0 Å². The summed E-state index contributed by atoms with van der Waals surface area (Å²) in [7, 11) is 0. The molecule has 2 N–H and O–H groups in total. The smallest absolute Gasteiger partial charge is 0.191 e. The van der Waals surface area contributed by atoms with Gasteiger partial charge in [0.05, 0.1) is 11.8 Å². The second-order valence-electron chi connectivity index (χ2n) is 7.80. The summed E-state index contributed by atoms with van der Waals surface area (Å²) in [6.07, 6.45) is 5.38. The van der Waals surface area contributed by atoms with Crippen LogP contribution in [0.15, 0.2) is 29.4 Å². The Bertz CT molecular complexity index is 562. The quantitative estimate of drug-likeness (QED) is 0.282. The summed E-state index contributed by atoms with van der Waals surface area (Å²) < 4.78 is 5.84. The van der Waals surface area contributed by atoms with E-state index in [1.807, 2.05) is 12.3 Å². The standard InChI is InChI=1S/C22H39N5O.HI/c1-5-23-22(25-14-10-21(18(3)4)28-6-2)26-19-11-15-27(16-12-19)17-20-9-7-8-13-24-20;/h7-9,13,18-19,21H,5-6,10-12,14-17H2,1-4H3,(H2,23,25,26);1H. The molecule has 29 heavy (non-hydrogen) atoms. The van der Waals surface area contributed by atoms with Gasteiger partial charge in [-0.15, -0.1) is 24.0 Å². The highest BCUT2D eigenvalue weighted by atomic mass is 127. The molecule has 1 aliphatic rings. The van der Waals surface area contributed by atoms with E-state index in [4.69, 9.17) is 9.73 Å². The monoisotopic (exact) mass is 517 g/mol.